The molecule has 3 aliphatic rings. The summed E-state index contributed by atoms with van der Waals surface area (Å²) in [7, 11) is 5.08. The smallest absolute Gasteiger partial charge is 0.123 e. The Kier molecular flexibility index (Phi) is 10.7. The number of piperidine rings is 1. The van der Waals surface area contributed by atoms with E-state index in [0.29, 0.717) is 5.92 Å². The van der Waals surface area contributed by atoms with Gasteiger partial charge in [0.05, 0.1) is 6.04 Å². The van der Waals surface area contributed by atoms with Crippen molar-refractivity contribution in [2.24, 2.45) is 40.9 Å². The average molecular weight is 528 g/mol. The highest BCUT2D eigenvalue weighted by molar-refractivity contribution is 7.19. The van der Waals surface area contributed by atoms with Crippen LogP contribution in [0.1, 0.15) is 92.9 Å². The van der Waals surface area contributed by atoms with Gasteiger partial charge in [-0.1, -0.05) is 54.4 Å². The molecule has 0 aromatic rings. The second-order valence-corrected chi connectivity index (χ2v) is 15.0. The minimum atomic E-state index is -0.691. The number of aliphatic hydroxyl groups excluding tert-OH is 3. The van der Waals surface area contributed by atoms with Crippen molar-refractivity contribution >= 4 is 9.24 Å². The molecule has 2 saturated carbocycles. The summed E-state index contributed by atoms with van der Waals surface area (Å²) >= 11 is 0. The summed E-state index contributed by atoms with van der Waals surface area (Å²) in [6.07, 6.45) is 7.23. The van der Waals surface area contributed by atoms with Crippen molar-refractivity contribution in [2.75, 3.05) is 20.1 Å². The SMILES string of the molecule is CNC(O)C1CC(C)CC(C(O)N[C@H](C(C)C)C(O)N2CC[C@@](P)(C3CCC(C)CC3)C(C)(C)C2)C1. The van der Waals surface area contributed by atoms with Gasteiger partial charge in [-0.3, -0.25) is 15.5 Å². The van der Waals surface area contributed by atoms with Gasteiger partial charge in [0.2, 0.25) is 0 Å². The van der Waals surface area contributed by atoms with E-state index in [9.17, 15) is 15.3 Å². The summed E-state index contributed by atoms with van der Waals surface area (Å²) in [6.45, 7) is 15.4. The molecule has 7 unspecified atom stereocenters. The van der Waals surface area contributed by atoms with Crippen LogP contribution in [0.25, 0.3) is 0 Å². The van der Waals surface area contributed by atoms with Crippen LogP contribution < -0.4 is 10.6 Å². The summed E-state index contributed by atoms with van der Waals surface area (Å²) in [5.41, 5.74) is 0.0810. The van der Waals surface area contributed by atoms with E-state index in [0.717, 1.165) is 50.6 Å². The van der Waals surface area contributed by atoms with E-state index < -0.39 is 18.7 Å². The van der Waals surface area contributed by atoms with E-state index in [1.54, 1.807) is 7.05 Å². The first kappa shape index (κ1) is 30.7. The lowest BCUT2D eigenvalue weighted by atomic mass is 9.62. The van der Waals surface area contributed by atoms with E-state index in [1.165, 1.54) is 25.7 Å². The third-order valence-electron chi connectivity index (χ3n) is 10.4. The van der Waals surface area contributed by atoms with Gasteiger partial charge in [-0.25, -0.2) is 0 Å². The molecule has 0 amide bonds. The second-order valence-electron chi connectivity index (χ2n) is 14.0. The number of nitrogens with one attached hydrogen (secondary N) is 2. The van der Waals surface area contributed by atoms with E-state index in [-0.39, 0.29) is 34.4 Å². The maximum atomic E-state index is 11.6. The predicted molar refractivity (Wildman–Crippen MR) is 152 cm³/mol. The zero-order valence-electron chi connectivity index (χ0n) is 24.2. The van der Waals surface area contributed by atoms with Crippen molar-refractivity contribution in [1.82, 2.24) is 15.5 Å². The molecule has 1 heterocycles. The molecule has 1 aliphatic heterocycles. The van der Waals surface area contributed by atoms with Crippen LogP contribution in [-0.2, 0) is 0 Å². The summed E-state index contributed by atoms with van der Waals surface area (Å²) in [6, 6.07) is -0.215. The Balaban J connectivity index is 1.65. The van der Waals surface area contributed by atoms with Gasteiger partial charge >= 0.3 is 0 Å². The number of aliphatic hydroxyl groups is 3. The molecule has 36 heavy (non-hydrogen) atoms. The summed E-state index contributed by atoms with van der Waals surface area (Å²) in [5, 5.41) is 39.9. The van der Waals surface area contributed by atoms with Gasteiger partial charge < -0.3 is 15.3 Å². The molecule has 0 aromatic carbocycles. The Bertz CT molecular complexity index is 687. The number of likely N-dealkylation sites (tertiary alicyclic amines) is 1. The molecule has 212 valence electrons. The second kappa shape index (κ2) is 12.6. The van der Waals surface area contributed by atoms with Gasteiger partial charge in [0, 0.05) is 13.1 Å². The van der Waals surface area contributed by atoms with Crippen molar-refractivity contribution in [2.45, 2.75) is 123 Å². The zero-order valence-corrected chi connectivity index (χ0v) is 25.4. The molecule has 0 spiro atoms. The van der Waals surface area contributed by atoms with Gasteiger partial charge in [0.1, 0.15) is 18.7 Å². The highest BCUT2D eigenvalue weighted by Gasteiger charge is 2.52. The maximum Gasteiger partial charge on any atom is 0.123 e. The topological polar surface area (TPSA) is 88.0 Å². The van der Waals surface area contributed by atoms with Gasteiger partial charge in [-0.15, -0.1) is 9.24 Å². The van der Waals surface area contributed by atoms with Crippen molar-refractivity contribution < 1.29 is 15.3 Å². The van der Waals surface area contributed by atoms with Gasteiger partial charge in [0.25, 0.3) is 0 Å². The normalized spacial score (nSPS) is 39.5. The fraction of sp³-hybridized carbons (Fsp3) is 1.00. The minimum Gasteiger partial charge on any atom is -0.378 e. The van der Waals surface area contributed by atoms with Crippen LogP contribution >= 0.6 is 9.24 Å². The fourth-order valence-corrected chi connectivity index (χ4v) is 8.36. The summed E-state index contributed by atoms with van der Waals surface area (Å²) in [4.78, 5) is 2.26. The van der Waals surface area contributed by atoms with Crippen molar-refractivity contribution in [3.05, 3.63) is 0 Å². The number of rotatable bonds is 9. The van der Waals surface area contributed by atoms with Gasteiger partial charge in [-0.2, -0.15) is 0 Å². The largest absolute Gasteiger partial charge is 0.378 e. The van der Waals surface area contributed by atoms with Crippen LogP contribution in [0.15, 0.2) is 0 Å². The van der Waals surface area contributed by atoms with Crippen LogP contribution in [0.3, 0.4) is 0 Å². The first-order valence-electron chi connectivity index (χ1n) is 14.8. The molecule has 7 heteroatoms. The monoisotopic (exact) mass is 527 g/mol. The summed E-state index contributed by atoms with van der Waals surface area (Å²) < 4.78 is 0. The molecule has 2 aliphatic carbocycles. The molecule has 9 atom stereocenters. The Morgan fingerprint density at radius 2 is 1.47 bits per heavy atom. The van der Waals surface area contributed by atoms with Gasteiger partial charge in [0.15, 0.2) is 0 Å². The average Bonchev–Trinajstić information content (AvgIpc) is 2.82. The van der Waals surface area contributed by atoms with Crippen molar-refractivity contribution in [3.8, 4) is 0 Å². The predicted octanol–water partition coefficient (Wildman–Crippen LogP) is 4.00. The Morgan fingerprint density at radius 3 is 2.00 bits per heavy atom. The standard InChI is InChI=1S/C29H58N3O3P/c1-18(2)24(31-26(34)22-15-20(4)14-21(16-22)25(33)30-7)27(35)32-13-12-29(36,28(5,6)17-32)23-10-8-19(3)9-11-23/h18-27,30-31,33-35H,8-17,36H2,1-7H3/t19?,20?,21?,22?,23?,24-,25?,26?,27?,29-/m1/s1. The lowest BCUT2D eigenvalue weighted by Gasteiger charge is -2.57. The first-order chi connectivity index (χ1) is 16.8. The van der Waals surface area contributed by atoms with E-state index in [1.807, 2.05) is 0 Å². The van der Waals surface area contributed by atoms with Crippen LogP contribution in [0, 0.1) is 40.9 Å². The number of hydrogen-bond acceptors (Lipinski definition) is 6. The van der Waals surface area contributed by atoms with Gasteiger partial charge in [-0.05, 0) is 91.7 Å². The zero-order chi connectivity index (χ0) is 26.8. The van der Waals surface area contributed by atoms with E-state index in [4.69, 9.17) is 0 Å². The third-order valence-corrected chi connectivity index (χ3v) is 11.9. The first-order valence-corrected chi connectivity index (χ1v) is 15.4. The molecule has 3 rings (SSSR count). The van der Waals surface area contributed by atoms with Crippen LogP contribution in [0.5, 0.6) is 0 Å². The third kappa shape index (κ3) is 6.84. The molecule has 0 aromatic heterocycles. The van der Waals surface area contributed by atoms with Crippen molar-refractivity contribution in [3.63, 3.8) is 0 Å². The number of hydrogen-bond donors (Lipinski definition) is 5. The lowest BCUT2D eigenvalue weighted by molar-refractivity contribution is -0.101. The maximum absolute atomic E-state index is 11.6. The molecule has 3 fully saturated rings. The van der Waals surface area contributed by atoms with E-state index >= 15 is 0 Å². The van der Waals surface area contributed by atoms with Crippen molar-refractivity contribution in [1.29, 1.82) is 0 Å². The molecule has 5 N–H and O–H groups in total. The molecule has 6 nitrogen and oxygen atoms in total. The molecular formula is C29H58N3O3P. The van der Waals surface area contributed by atoms with Crippen LogP contribution in [0.4, 0.5) is 0 Å². The quantitative estimate of drug-likeness (QED) is 0.230. The van der Waals surface area contributed by atoms with Crippen LogP contribution in [0.2, 0.25) is 0 Å². The Labute approximate surface area is 224 Å². The molecule has 0 bridgehead atoms. The highest BCUT2D eigenvalue weighted by atomic mass is 31.0. The Hall–Kier alpha value is 0.190. The van der Waals surface area contributed by atoms with Crippen LogP contribution in [-0.4, -0.2) is 70.2 Å². The van der Waals surface area contributed by atoms with E-state index in [2.05, 4.69) is 66.3 Å². The lowest BCUT2D eigenvalue weighted by Crippen LogP contribution is -2.64. The molecular weight excluding hydrogens is 469 g/mol. The fourth-order valence-electron chi connectivity index (χ4n) is 7.80. The summed E-state index contributed by atoms with van der Waals surface area (Å²) in [5.74, 6) is 2.44. The molecule has 0 radical (unpaired) electrons. The minimum absolute atomic E-state index is 0.0707. The Morgan fingerprint density at radius 1 is 0.889 bits per heavy atom. The molecule has 1 saturated heterocycles. The number of nitrogens with zero attached hydrogens (tertiary/aromatic N) is 1. The highest BCUT2D eigenvalue weighted by Crippen LogP contribution is 2.54.